The van der Waals surface area contributed by atoms with Gasteiger partial charge in [0.1, 0.15) is 16.7 Å². The summed E-state index contributed by atoms with van der Waals surface area (Å²) in [4.78, 5) is 8.11. The minimum Gasteiger partial charge on any atom is -0.340 e. The monoisotopic (exact) mass is 277 g/mol. The maximum absolute atomic E-state index is 4.13. The van der Waals surface area contributed by atoms with Crippen LogP contribution < -0.4 is 5.32 Å². The molecule has 0 aliphatic heterocycles. The van der Waals surface area contributed by atoms with Crippen LogP contribution in [-0.4, -0.2) is 9.97 Å². The molecule has 0 aliphatic rings. The molecule has 0 saturated carbocycles. The minimum atomic E-state index is 0.772. The third-order valence-electron chi connectivity index (χ3n) is 2.41. The summed E-state index contributed by atoms with van der Waals surface area (Å²) in [6.07, 6.45) is 1.52. The lowest BCUT2D eigenvalue weighted by atomic mass is 10.1. The molecule has 0 radical (unpaired) electrons. The average Bonchev–Trinajstić information content (AvgIpc) is 2.24. The van der Waals surface area contributed by atoms with E-state index < -0.39 is 0 Å². The minimum absolute atomic E-state index is 0.772. The van der Waals surface area contributed by atoms with Crippen molar-refractivity contribution in [3.8, 4) is 0 Å². The molecule has 2 rings (SSSR count). The zero-order valence-corrected chi connectivity index (χ0v) is 10.7. The van der Waals surface area contributed by atoms with Crippen LogP contribution in [0.4, 0.5) is 11.5 Å². The molecular formula is C12H12BrN3. The first-order valence-corrected chi connectivity index (χ1v) is 5.76. The van der Waals surface area contributed by atoms with Crippen LogP contribution in [0.25, 0.3) is 0 Å². The van der Waals surface area contributed by atoms with E-state index in [4.69, 9.17) is 0 Å². The van der Waals surface area contributed by atoms with Crippen LogP contribution in [-0.2, 0) is 0 Å². The molecule has 1 aromatic carbocycles. The number of halogens is 1. The molecule has 0 saturated heterocycles. The Morgan fingerprint density at radius 1 is 1.06 bits per heavy atom. The number of anilines is 2. The number of hydrogen-bond donors (Lipinski definition) is 1. The van der Waals surface area contributed by atoms with Crippen LogP contribution in [0, 0.1) is 13.8 Å². The van der Waals surface area contributed by atoms with Crippen LogP contribution in [0.2, 0.25) is 0 Å². The standard InChI is InChI=1S/C12H12BrN3/c1-8-3-4-10(5-9(8)2)16-12-6-11(13)14-7-15-12/h3-7H,1-2H3,(H,14,15,16). The molecule has 1 N–H and O–H groups in total. The van der Waals surface area contributed by atoms with Gasteiger partial charge >= 0.3 is 0 Å². The first kappa shape index (κ1) is 11.1. The van der Waals surface area contributed by atoms with Gasteiger partial charge < -0.3 is 5.32 Å². The lowest BCUT2D eigenvalue weighted by Crippen LogP contribution is -1.95. The summed E-state index contributed by atoms with van der Waals surface area (Å²) < 4.78 is 0.772. The number of aromatic nitrogens is 2. The van der Waals surface area contributed by atoms with E-state index in [1.165, 1.54) is 17.5 Å². The molecule has 16 heavy (non-hydrogen) atoms. The smallest absolute Gasteiger partial charge is 0.134 e. The normalized spacial score (nSPS) is 10.2. The highest BCUT2D eigenvalue weighted by Gasteiger charge is 1.99. The number of hydrogen-bond acceptors (Lipinski definition) is 3. The predicted molar refractivity (Wildman–Crippen MR) is 68.9 cm³/mol. The van der Waals surface area contributed by atoms with E-state index in [0.29, 0.717) is 0 Å². The molecule has 0 amide bonds. The number of nitrogens with zero attached hydrogens (tertiary/aromatic N) is 2. The van der Waals surface area contributed by atoms with E-state index in [2.05, 4.69) is 57.2 Å². The van der Waals surface area contributed by atoms with Crippen molar-refractivity contribution in [3.63, 3.8) is 0 Å². The van der Waals surface area contributed by atoms with Crippen LogP contribution >= 0.6 is 15.9 Å². The zero-order chi connectivity index (χ0) is 11.5. The summed E-state index contributed by atoms with van der Waals surface area (Å²) >= 11 is 3.31. The number of benzene rings is 1. The van der Waals surface area contributed by atoms with Crippen molar-refractivity contribution in [2.45, 2.75) is 13.8 Å². The Morgan fingerprint density at radius 2 is 1.88 bits per heavy atom. The van der Waals surface area contributed by atoms with E-state index in [0.717, 1.165) is 16.1 Å². The third kappa shape index (κ3) is 2.58. The van der Waals surface area contributed by atoms with E-state index >= 15 is 0 Å². The van der Waals surface area contributed by atoms with Crippen molar-refractivity contribution in [2.75, 3.05) is 5.32 Å². The van der Waals surface area contributed by atoms with Gasteiger partial charge in [-0.05, 0) is 53.0 Å². The molecule has 3 nitrogen and oxygen atoms in total. The Morgan fingerprint density at radius 3 is 2.56 bits per heavy atom. The van der Waals surface area contributed by atoms with Crippen LogP contribution in [0.3, 0.4) is 0 Å². The molecular weight excluding hydrogens is 266 g/mol. The van der Waals surface area contributed by atoms with Gasteiger partial charge in [-0.25, -0.2) is 9.97 Å². The van der Waals surface area contributed by atoms with Crippen molar-refractivity contribution >= 4 is 27.4 Å². The van der Waals surface area contributed by atoms with Crippen LogP contribution in [0.1, 0.15) is 11.1 Å². The van der Waals surface area contributed by atoms with Crippen molar-refractivity contribution in [1.82, 2.24) is 9.97 Å². The van der Waals surface area contributed by atoms with Gasteiger partial charge in [0.25, 0.3) is 0 Å². The second kappa shape index (κ2) is 4.61. The number of rotatable bonds is 2. The summed E-state index contributed by atoms with van der Waals surface area (Å²) in [5.41, 5.74) is 3.58. The molecule has 1 heterocycles. The molecule has 0 aliphatic carbocycles. The van der Waals surface area contributed by atoms with Gasteiger partial charge in [-0.15, -0.1) is 0 Å². The largest absolute Gasteiger partial charge is 0.340 e. The molecule has 1 aromatic heterocycles. The van der Waals surface area contributed by atoms with Crippen LogP contribution in [0.5, 0.6) is 0 Å². The van der Waals surface area contributed by atoms with E-state index in [1.807, 2.05) is 12.1 Å². The highest BCUT2D eigenvalue weighted by molar-refractivity contribution is 9.10. The Kier molecular flexibility index (Phi) is 3.19. The molecule has 0 bridgehead atoms. The van der Waals surface area contributed by atoms with Gasteiger partial charge in [-0.3, -0.25) is 0 Å². The lowest BCUT2D eigenvalue weighted by Gasteiger charge is -2.07. The summed E-state index contributed by atoms with van der Waals surface area (Å²) in [6.45, 7) is 4.19. The average molecular weight is 278 g/mol. The van der Waals surface area contributed by atoms with Crippen molar-refractivity contribution in [2.24, 2.45) is 0 Å². The molecule has 0 atom stereocenters. The topological polar surface area (TPSA) is 37.8 Å². The Labute approximate surface area is 103 Å². The SMILES string of the molecule is Cc1ccc(Nc2cc(Br)ncn2)cc1C. The van der Waals surface area contributed by atoms with Crippen molar-refractivity contribution in [3.05, 3.63) is 46.3 Å². The first-order chi connectivity index (χ1) is 7.65. The van der Waals surface area contributed by atoms with Crippen LogP contribution in [0.15, 0.2) is 35.2 Å². The zero-order valence-electron chi connectivity index (χ0n) is 9.16. The van der Waals surface area contributed by atoms with Gasteiger partial charge in [0.05, 0.1) is 0 Å². The Balaban J connectivity index is 2.24. The number of nitrogens with one attached hydrogen (secondary N) is 1. The highest BCUT2D eigenvalue weighted by atomic mass is 79.9. The maximum atomic E-state index is 4.13. The molecule has 0 fully saturated rings. The molecule has 0 unspecified atom stereocenters. The van der Waals surface area contributed by atoms with Gasteiger partial charge in [0, 0.05) is 11.8 Å². The fraction of sp³-hybridized carbons (Fsp3) is 0.167. The van der Waals surface area contributed by atoms with Gasteiger partial charge in [-0.2, -0.15) is 0 Å². The van der Waals surface area contributed by atoms with E-state index in [1.54, 1.807) is 0 Å². The fourth-order valence-electron chi connectivity index (χ4n) is 1.37. The van der Waals surface area contributed by atoms with Crippen molar-refractivity contribution < 1.29 is 0 Å². The van der Waals surface area contributed by atoms with Gasteiger partial charge in [-0.1, -0.05) is 6.07 Å². The third-order valence-corrected chi connectivity index (χ3v) is 2.85. The molecule has 4 heteroatoms. The summed E-state index contributed by atoms with van der Waals surface area (Å²) in [5.74, 6) is 0.783. The molecule has 2 aromatic rings. The first-order valence-electron chi connectivity index (χ1n) is 4.97. The maximum Gasteiger partial charge on any atom is 0.134 e. The summed E-state index contributed by atoms with van der Waals surface area (Å²) in [5, 5.41) is 3.23. The van der Waals surface area contributed by atoms with E-state index in [9.17, 15) is 0 Å². The number of aryl methyl sites for hydroxylation is 2. The molecule has 82 valence electrons. The van der Waals surface area contributed by atoms with Gasteiger partial charge in [0.2, 0.25) is 0 Å². The van der Waals surface area contributed by atoms with Crippen molar-refractivity contribution in [1.29, 1.82) is 0 Å². The lowest BCUT2D eigenvalue weighted by molar-refractivity contribution is 1.14. The Bertz CT molecular complexity index is 511. The quantitative estimate of drug-likeness (QED) is 0.853. The second-order valence-corrected chi connectivity index (χ2v) is 4.46. The molecule has 0 spiro atoms. The predicted octanol–water partition coefficient (Wildman–Crippen LogP) is 3.60. The Hall–Kier alpha value is -1.42. The second-order valence-electron chi connectivity index (χ2n) is 3.65. The van der Waals surface area contributed by atoms with Gasteiger partial charge in [0.15, 0.2) is 0 Å². The highest BCUT2D eigenvalue weighted by Crippen LogP contribution is 2.19. The van der Waals surface area contributed by atoms with E-state index in [-0.39, 0.29) is 0 Å². The summed E-state index contributed by atoms with van der Waals surface area (Å²) in [7, 11) is 0. The fourth-order valence-corrected chi connectivity index (χ4v) is 1.68. The summed E-state index contributed by atoms with van der Waals surface area (Å²) in [6, 6.07) is 8.08.